The molecule has 0 spiro atoms. The molecular formula is C30H35NO2. The van der Waals surface area contributed by atoms with Crippen LogP contribution in [0.3, 0.4) is 0 Å². The number of aromatic nitrogens is 1. The number of nitrogens with one attached hydrogen (secondary N) is 1. The summed E-state index contributed by atoms with van der Waals surface area (Å²) in [5.41, 5.74) is 8.99. The van der Waals surface area contributed by atoms with Gasteiger partial charge in [-0.1, -0.05) is 59.7 Å². The number of H-pyrrole nitrogens is 1. The van der Waals surface area contributed by atoms with Crippen LogP contribution >= 0.6 is 0 Å². The summed E-state index contributed by atoms with van der Waals surface area (Å²) in [5, 5.41) is 1.28. The van der Waals surface area contributed by atoms with Gasteiger partial charge in [0, 0.05) is 39.6 Å². The molecule has 0 radical (unpaired) electrons. The molecule has 0 amide bonds. The normalized spacial score (nSPS) is 13.8. The maximum atomic E-state index is 6.08. The molecule has 3 heterocycles. The fraction of sp³-hybridized carbons (Fsp3) is 0.400. The highest BCUT2D eigenvalue weighted by Gasteiger charge is 2.26. The van der Waals surface area contributed by atoms with Crippen LogP contribution in [0.2, 0.25) is 0 Å². The molecule has 1 N–H and O–H groups in total. The maximum absolute atomic E-state index is 6.08. The minimum absolute atomic E-state index is 0.0628. The summed E-state index contributed by atoms with van der Waals surface area (Å²) >= 11 is 0. The van der Waals surface area contributed by atoms with Crippen LogP contribution in [0.5, 0.6) is 5.75 Å². The summed E-state index contributed by atoms with van der Waals surface area (Å²) in [6.45, 7) is 14.4. The Morgan fingerprint density at radius 1 is 1.00 bits per heavy atom. The Hall–Kier alpha value is -2.94. The highest BCUT2D eigenvalue weighted by atomic mass is 16.5. The number of aromatic amines is 1. The highest BCUT2D eigenvalue weighted by molar-refractivity contribution is 5.90. The van der Waals surface area contributed by atoms with Crippen LogP contribution in [0.4, 0.5) is 0 Å². The van der Waals surface area contributed by atoms with E-state index in [1.807, 2.05) is 6.07 Å². The highest BCUT2D eigenvalue weighted by Crippen LogP contribution is 2.42. The van der Waals surface area contributed by atoms with Gasteiger partial charge in [-0.3, -0.25) is 0 Å². The predicted molar refractivity (Wildman–Crippen MR) is 137 cm³/mol. The van der Waals surface area contributed by atoms with Gasteiger partial charge in [0.15, 0.2) is 0 Å². The Morgan fingerprint density at radius 3 is 2.52 bits per heavy atom. The second kappa shape index (κ2) is 8.13. The van der Waals surface area contributed by atoms with Crippen molar-refractivity contribution in [3.05, 3.63) is 76.7 Å². The number of rotatable bonds is 6. The molecule has 5 rings (SSSR count). The molecule has 0 saturated carbocycles. The number of furan rings is 1. The van der Waals surface area contributed by atoms with E-state index in [1.165, 1.54) is 44.4 Å². The molecule has 3 heteroatoms. The minimum Gasteiger partial charge on any atom is -0.493 e. The van der Waals surface area contributed by atoms with Crippen molar-refractivity contribution >= 4 is 10.9 Å². The van der Waals surface area contributed by atoms with Crippen LogP contribution in [-0.4, -0.2) is 11.6 Å². The fourth-order valence-electron chi connectivity index (χ4n) is 5.38. The van der Waals surface area contributed by atoms with Gasteiger partial charge in [0.2, 0.25) is 0 Å². The van der Waals surface area contributed by atoms with Gasteiger partial charge in [-0.15, -0.1) is 0 Å². The topological polar surface area (TPSA) is 38.2 Å². The summed E-state index contributed by atoms with van der Waals surface area (Å²) < 4.78 is 11.8. The van der Waals surface area contributed by atoms with Crippen LogP contribution in [-0.2, 0) is 18.3 Å². The lowest BCUT2D eigenvalue weighted by atomic mass is 9.82. The fourth-order valence-corrected chi connectivity index (χ4v) is 5.38. The van der Waals surface area contributed by atoms with Crippen molar-refractivity contribution in [2.45, 2.75) is 71.6 Å². The summed E-state index contributed by atoms with van der Waals surface area (Å²) in [5.74, 6) is 2.96. The van der Waals surface area contributed by atoms with Crippen molar-refractivity contribution in [3.63, 3.8) is 0 Å². The molecule has 1 aliphatic heterocycles. The average Bonchev–Trinajstić information content (AvgIpc) is 3.51. The number of fused-ring (bicyclic) bond motifs is 2. The molecule has 3 nitrogen and oxygen atoms in total. The Labute approximate surface area is 197 Å². The van der Waals surface area contributed by atoms with E-state index in [0.29, 0.717) is 11.8 Å². The Bertz CT molecular complexity index is 1290. The zero-order valence-corrected chi connectivity index (χ0v) is 20.7. The second-order valence-corrected chi connectivity index (χ2v) is 10.8. The van der Waals surface area contributed by atoms with Gasteiger partial charge in [-0.05, 0) is 59.2 Å². The predicted octanol–water partition coefficient (Wildman–Crippen LogP) is 8.13. The van der Waals surface area contributed by atoms with Crippen LogP contribution in [0.1, 0.15) is 81.4 Å². The molecule has 0 atom stereocenters. The molecule has 0 unspecified atom stereocenters. The zero-order chi connectivity index (χ0) is 23.3. The minimum atomic E-state index is -0.0628. The van der Waals surface area contributed by atoms with E-state index in [1.54, 1.807) is 6.26 Å². The number of ether oxygens (including phenoxy) is 1. The van der Waals surface area contributed by atoms with E-state index in [-0.39, 0.29) is 5.41 Å². The molecule has 0 bridgehead atoms. The third-order valence-electron chi connectivity index (χ3n) is 7.04. The molecule has 33 heavy (non-hydrogen) atoms. The van der Waals surface area contributed by atoms with Crippen LogP contribution in [0, 0.1) is 0 Å². The monoisotopic (exact) mass is 441 g/mol. The number of benzene rings is 2. The molecule has 1 aliphatic rings. The van der Waals surface area contributed by atoms with E-state index < -0.39 is 0 Å². The van der Waals surface area contributed by atoms with Crippen LogP contribution < -0.4 is 4.74 Å². The van der Waals surface area contributed by atoms with Gasteiger partial charge in [0.1, 0.15) is 11.5 Å². The van der Waals surface area contributed by atoms with Gasteiger partial charge in [-0.25, -0.2) is 0 Å². The first-order chi connectivity index (χ1) is 15.7. The zero-order valence-electron chi connectivity index (χ0n) is 20.7. The smallest absolute Gasteiger partial charge is 0.126 e. The second-order valence-electron chi connectivity index (χ2n) is 10.8. The molecule has 172 valence electrons. The quantitative estimate of drug-likeness (QED) is 0.328. The molecular weight excluding hydrogens is 406 g/mol. The standard InChI is InChI=1S/C30H35NO2/c1-18(2)24-15-20(17-30(5,6)26-8-7-12-32-26)14-22-16-25(31-28(22)24)23-10-9-21-11-13-33-29(21)27(23)19(3)4/h7-10,12,14-16,18-19,31H,11,13,17H2,1-6H3. The van der Waals surface area contributed by atoms with Crippen molar-refractivity contribution in [3.8, 4) is 17.0 Å². The first-order valence-corrected chi connectivity index (χ1v) is 12.2. The summed E-state index contributed by atoms with van der Waals surface area (Å²) in [7, 11) is 0. The lowest BCUT2D eigenvalue weighted by Crippen LogP contribution is -2.19. The summed E-state index contributed by atoms with van der Waals surface area (Å²) in [6, 6.07) is 15.6. The van der Waals surface area contributed by atoms with Gasteiger partial charge in [0.25, 0.3) is 0 Å². The van der Waals surface area contributed by atoms with Gasteiger partial charge >= 0.3 is 0 Å². The lowest BCUT2D eigenvalue weighted by molar-refractivity contribution is 0.352. The number of hydrogen-bond acceptors (Lipinski definition) is 2. The molecule has 0 fully saturated rings. The van der Waals surface area contributed by atoms with Crippen molar-refractivity contribution in [1.29, 1.82) is 0 Å². The van der Waals surface area contributed by atoms with E-state index in [0.717, 1.165) is 31.0 Å². The Kier molecular flexibility index (Phi) is 5.39. The molecule has 0 saturated heterocycles. The lowest BCUT2D eigenvalue weighted by Gasteiger charge is -2.23. The maximum Gasteiger partial charge on any atom is 0.126 e. The molecule has 2 aromatic heterocycles. The Morgan fingerprint density at radius 2 is 1.82 bits per heavy atom. The summed E-state index contributed by atoms with van der Waals surface area (Å²) in [6.07, 6.45) is 3.71. The van der Waals surface area contributed by atoms with E-state index >= 15 is 0 Å². The number of hydrogen-bond donors (Lipinski definition) is 1. The molecule has 4 aromatic rings. The van der Waals surface area contributed by atoms with Crippen molar-refractivity contribution in [2.75, 3.05) is 6.61 Å². The first-order valence-electron chi connectivity index (χ1n) is 12.2. The average molecular weight is 442 g/mol. The van der Waals surface area contributed by atoms with Crippen molar-refractivity contribution < 1.29 is 9.15 Å². The van der Waals surface area contributed by atoms with E-state index in [2.05, 4.69) is 82.9 Å². The van der Waals surface area contributed by atoms with Gasteiger partial charge < -0.3 is 14.1 Å². The largest absolute Gasteiger partial charge is 0.493 e. The van der Waals surface area contributed by atoms with E-state index in [4.69, 9.17) is 9.15 Å². The molecule has 0 aliphatic carbocycles. The van der Waals surface area contributed by atoms with Crippen molar-refractivity contribution in [2.24, 2.45) is 0 Å². The third kappa shape index (κ3) is 3.88. The molecule has 2 aromatic carbocycles. The summed E-state index contributed by atoms with van der Waals surface area (Å²) in [4.78, 5) is 3.79. The van der Waals surface area contributed by atoms with Crippen molar-refractivity contribution in [1.82, 2.24) is 4.98 Å². The van der Waals surface area contributed by atoms with Crippen LogP contribution in [0.25, 0.3) is 22.2 Å². The van der Waals surface area contributed by atoms with Gasteiger partial charge in [0.05, 0.1) is 12.9 Å². The first kappa shape index (κ1) is 21.9. The van der Waals surface area contributed by atoms with Gasteiger partial charge in [-0.2, -0.15) is 0 Å². The van der Waals surface area contributed by atoms with E-state index in [9.17, 15) is 0 Å². The third-order valence-corrected chi connectivity index (χ3v) is 7.04. The van der Waals surface area contributed by atoms with Crippen LogP contribution in [0.15, 0.2) is 53.1 Å². The SMILES string of the molecule is CC(C)c1c(-c2cc3cc(CC(C)(C)c4ccco4)cc(C(C)C)c3[nH]2)ccc2c1OCC2. The Balaban J connectivity index is 1.62.